The lowest BCUT2D eigenvalue weighted by Crippen LogP contribution is -2.42. The summed E-state index contributed by atoms with van der Waals surface area (Å²) in [5.41, 5.74) is 5.92. The minimum absolute atomic E-state index is 0.169. The molecule has 1 atom stereocenters. The molecule has 96 valence electrons. The average Bonchev–Trinajstić information content (AvgIpc) is 2.59. The van der Waals surface area contributed by atoms with Crippen LogP contribution >= 0.6 is 0 Å². The number of urea groups is 1. The van der Waals surface area contributed by atoms with Gasteiger partial charge in [0.05, 0.1) is 6.04 Å². The first-order valence-corrected chi connectivity index (χ1v) is 7.07. The van der Waals surface area contributed by atoms with Crippen LogP contribution in [0.5, 0.6) is 0 Å². The Morgan fingerprint density at radius 1 is 1.12 bits per heavy atom. The number of nitrogens with two attached hydrogens (primary N) is 1. The summed E-state index contributed by atoms with van der Waals surface area (Å²) < 4.78 is 0. The van der Waals surface area contributed by atoms with Crippen molar-refractivity contribution in [3.63, 3.8) is 0 Å². The van der Waals surface area contributed by atoms with Gasteiger partial charge >= 0.3 is 6.03 Å². The van der Waals surface area contributed by atoms with Gasteiger partial charge in [-0.15, -0.1) is 0 Å². The molecular weight excluding hydrogens is 214 g/mol. The number of amides is 2. The number of nitrogens with zero attached hydrogens (tertiary/aromatic N) is 1. The molecule has 0 aromatic rings. The van der Waals surface area contributed by atoms with Crippen LogP contribution in [0.4, 0.5) is 4.79 Å². The van der Waals surface area contributed by atoms with Crippen molar-refractivity contribution in [3.05, 3.63) is 0 Å². The highest BCUT2D eigenvalue weighted by Gasteiger charge is 2.39. The summed E-state index contributed by atoms with van der Waals surface area (Å²) in [5, 5.41) is 3.17. The van der Waals surface area contributed by atoms with Crippen LogP contribution < -0.4 is 11.1 Å². The number of carbonyl (C=O) groups is 1. The molecular formula is C13H23N3O. The lowest BCUT2D eigenvalue weighted by Gasteiger charge is -2.34. The third kappa shape index (κ3) is 2.15. The van der Waals surface area contributed by atoms with Crippen LogP contribution in [-0.4, -0.2) is 35.6 Å². The molecule has 0 aromatic heterocycles. The summed E-state index contributed by atoms with van der Waals surface area (Å²) in [7, 11) is 0. The Bertz CT molecular complexity index is 295. The Hall–Kier alpha value is -0.770. The molecule has 3 rings (SSSR count). The van der Waals surface area contributed by atoms with Crippen LogP contribution in [0, 0.1) is 5.92 Å². The predicted molar refractivity (Wildman–Crippen MR) is 66.6 cm³/mol. The van der Waals surface area contributed by atoms with Gasteiger partial charge in [-0.3, -0.25) is 0 Å². The second-order valence-corrected chi connectivity index (χ2v) is 5.97. The molecule has 2 amide bonds. The quantitative estimate of drug-likeness (QED) is 0.763. The minimum Gasteiger partial charge on any atom is -0.333 e. The summed E-state index contributed by atoms with van der Waals surface area (Å²) in [4.78, 5) is 14.1. The highest BCUT2D eigenvalue weighted by Crippen LogP contribution is 2.33. The van der Waals surface area contributed by atoms with Gasteiger partial charge in [-0.25, -0.2) is 4.79 Å². The molecule has 3 N–H and O–H groups in total. The molecule has 1 aliphatic heterocycles. The zero-order valence-corrected chi connectivity index (χ0v) is 10.4. The molecule has 0 spiro atoms. The van der Waals surface area contributed by atoms with Gasteiger partial charge in [0.25, 0.3) is 0 Å². The van der Waals surface area contributed by atoms with Crippen molar-refractivity contribution in [2.24, 2.45) is 11.7 Å². The average molecular weight is 237 g/mol. The van der Waals surface area contributed by atoms with Crippen LogP contribution in [-0.2, 0) is 0 Å². The van der Waals surface area contributed by atoms with E-state index in [0.717, 1.165) is 38.1 Å². The number of nitrogens with one attached hydrogen (secondary N) is 1. The normalized spacial score (nSPS) is 39.0. The third-order valence-electron chi connectivity index (χ3n) is 4.86. The molecule has 1 saturated heterocycles. The van der Waals surface area contributed by atoms with E-state index in [2.05, 4.69) is 10.2 Å². The molecule has 3 aliphatic rings. The monoisotopic (exact) mass is 237 g/mol. The van der Waals surface area contributed by atoms with E-state index in [-0.39, 0.29) is 6.03 Å². The lowest BCUT2D eigenvalue weighted by molar-refractivity contribution is 0.169. The van der Waals surface area contributed by atoms with E-state index < -0.39 is 0 Å². The fourth-order valence-corrected chi connectivity index (χ4v) is 3.42. The summed E-state index contributed by atoms with van der Waals surface area (Å²) in [5.74, 6) is 0.745. The van der Waals surface area contributed by atoms with E-state index in [1.807, 2.05) is 0 Å². The predicted octanol–water partition coefficient (Wildman–Crippen LogP) is 1.45. The maximum atomic E-state index is 12.0. The zero-order valence-electron chi connectivity index (χ0n) is 10.4. The largest absolute Gasteiger partial charge is 0.333 e. The van der Waals surface area contributed by atoms with Crippen LogP contribution in [0.25, 0.3) is 0 Å². The Morgan fingerprint density at radius 3 is 2.41 bits per heavy atom. The van der Waals surface area contributed by atoms with Crippen molar-refractivity contribution in [1.82, 2.24) is 10.2 Å². The van der Waals surface area contributed by atoms with E-state index in [9.17, 15) is 4.79 Å². The molecule has 4 heteroatoms. The molecule has 1 unspecified atom stereocenters. The molecule has 0 radical (unpaired) electrons. The second kappa shape index (κ2) is 4.48. The van der Waals surface area contributed by atoms with Crippen LogP contribution in [0.15, 0.2) is 0 Å². The number of hydrogen-bond donors (Lipinski definition) is 2. The van der Waals surface area contributed by atoms with Crippen molar-refractivity contribution in [3.8, 4) is 0 Å². The number of hydrogen-bond acceptors (Lipinski definition) is 2. The van der Waals surface area contributed by atoms with Crippen LogP contribution in [0.2, 0.25) is 0 Å². The molecule has 3 fully saturated rings. The Morgan fingerprint density at radius 2 is 1.82 bits per heavy atom. The SMILES string of the molecule is NC1CCC(N2CC(C3CCC3)NC2=O)CC1. The first-order chi connectivity index (χ1) is 8.24. The van der Waals surface area contributed by atoms with Crippen molar-refractivity contribution in [2.75, 3.05) is 6.54 Å². The fourth-order valence-electron chi connectivity index (χ4n) is 3.42. The molecule has 0 aromatic carbocycles. The van der Waals surface area contributed by atoms with E-state index in [1.165, 1.54) is 19.3 Å². The van der Waals surface area contributed by atoms with Gasteiger partial charge in [0, 0.05) is 18.6 Å². The topological polar surface area (TPSA) is 58.4 Å². The van der Waals surface area contributed by atoms with E-state index in [4.69, 9.17) is 5.73 Å². The molecule has 1 heterocycles. The summed E-state index contributed by atoms with van der Waals surface area (Å²) in [6.07, 6.45) is 8.26. The van der Waals surface area contributed by atoms with Gasteiger partial charge < -0.3 is 16.0 Å². The summed E-state index contributed by atoms with van der Waals surface area (Å²) >= 11 is 0. The van der Waals surface area contributed by atoms with Crippen molar-refractivity contribution in [2.45, 2.75) is 63.1 Å². The number of carbonyl (C=O) groups excluding carboxylic acids is 1. The highest BCUT2D eigenvalue weighted by atomic mass is 16.2. The lowest BCUT2D eigenvalue weighted by atomic mass is 9.80. The molecule has 17 heavy (non-hydrogen) atoms. The molecule has 0 bridgehead atoms. The van der Waals surface area contributed by atoms with Crippen molar-refractivity contribution < 1.29 is 4.79 Å². The second-order valence-electron chi connectivity index (χ2n) is 5.97. The van der Waals surface area contributed by atoms with E-state index in [0.29, 0.717) is 18.1 Å². The molecule has 4 nitrogen and oxygen atoms in total. The van der Waals surface area contributed by atoms with Crippen molar-refractivity contribution >= 4 is 6.03 Å². The summed E-state index contributed by atoms with van der Waals surface area (Å²) in [6.45, 7) is 0.934. The Kier molecular flexibility index (Phi) is 2.99. The van der Waals surface area contributed by atoms with Crippen LogP contribution in [0.1, 0.15) is 44.9 Å². The van der Waals surface area contributed by atoms with Gasteiger partial charge in [-0.2, -0.15) is 0 Å². The van der Waals surface area contributed by atoms with E-state index in [1.54, 1.807) is 0 Å². The Balaban J connectivity index is 1.58. The summed E-state index contributed by atoms with van der Waals surface area (Å²) in [6, 6.07) is 1.40. The highest BCUT2D eigenvalue weighted by molar-refractivity contribution is 5.77. The van der Waals surface area contributed by atoms with Gasteiger partial charge in [0.15, 0.2) is 0 Å². The number of rotatable bonds is 2. The minimum atomic E-state index is 0.169. The van der Waals surface area contributed by atoms with Gasteiger partial charge in [-0.05, 0) is 44.4 Å². The first kappa shape index (κ1) is 11.3. The Labute approximate surface area is 103 Å². The molecule has 2 aliphatic carbocycles. The standard InChI is InChI=1S/C13H23N3O/c14-10-4-6-11(7-5-10)16-8-12(15-13(16)17)9-2-1-3-9/h9-12H,1-8,14H2,(H,15,17). The van der Waals surface area contributed by atoms with Gasteiger partial charge in [0.1, 0.15) is 0 Å². The zero-order chi connectivity index (χ0) is 11.8. The van der Waals surface area contributed by atoms with Gasteiger partial charge in [0.2, 0.25) is 0 Å². The maximum absolute atomic E-state index is 12.0. The smallest absolute Gasteiger partial charge is 0.318 e. The van der Waals surface area contributed by atoms with E-state index >= 15 is 0 Å². The first-order valence-electron chi connectivity index (χ1n) is 7.07. The molecule has 2 saturated carbocycles. The fraction of sp³-hybridized carbons (Fsp3) is 0.923. The van der Waals surface area contributed by atoms with Gasteiger partial charge in [-0.1, -0.05) is 6.42 Å². The third-order valence-corrected chi connectivity index (χ3v) is 4.86. The van der Waals surface area contributed by atoms with Crippen molar-refractivity contribution in [1.29, 1.82) is 0 Å². The van der Waals surface area contributed by atoms with Crippen LogP contribution in [0.3, 0.4) is 0 Å². The maximum Gasteiger partial charge on any atom is 0.318 e.